The number of benzene rings is 1. The number of unbranched alkanes of at least 4 members (excludes halogenated alkanes) is 8. The SMILES string of the molecule is COC(=O)C1CCCN1CCCCCCCCCCCOc1ccccc1. The van der Waals surface area contributed by atoms with Gasteiger partial charge in [-0.25, -0.2) is 0 Å². The van der Waals surface area contributed by atoms with Gasteiger partial charge in [0.1, 0.15) is 11.8 Å². The first-order valence-electron chi connectivity index (χ1n) is 10.8. The van der Waals surface area contributed by atoms with E-state index in [1.165, 1.54) is 58.5 Å². The van der Waals surface area contributed by atoms with Gasteiger partial charge in [-0.1, -0.05) is 63.1 Å². The van der Waals surface area contributed by atoms with Crippen LogP contribution >= 0.6 is 0 Å². The fraction of sp³-hybridized carbons (Fsp3) is 0.696. The lowest BCUT2D eigenvalue weighted by atomic mass is 10.1. The minimum absolute atomic E-state index is 0.0147. The summed E-state index contributed by atoms with van der Waals surface area (Å²) in [6.07, 6.45) is 13.6. The molecule has 0 saturated carbocycles. The second-order valence-electron chi connectivity index (χ2n) is 7.56. The van der Waals surface area contributed by atoms with E-state index in [0.29, 0.717) is 0 Å². The molecule has 1 aliphatic rings. The molecule has 1 aromatic carbocycles. The summed E-state index contributed by atoms with van der Waals surface area (Å²) in [5.74, 6) is 0.922. The highest BCUT2D eigenvalue weighted by Crippen LogP contribution is 2.19. The van der Waals surface area contributed by atoms with Gasteiger partial charge < -0.3 is 9.47 Å². The van der Waals surface area contributed by atoms with Crippen LogP contribution in [-0.2, 0) is 9.53 Å². The minimum Gasteiger partial charge on any atom is -0.494 e. The number of esters is 1. The summed E-state index contributed by atoms with van der Waals surface area (Å²) in [6.45, 7) is 2.92. The Morgan fingerprint density at radius 2 is 1.59 bits per heavy atom. The Balaban J connectivity index is 1.35. The molecule has 1 heterocycles. The molecular formula is C23H37NO3. The molecule has 4 nitrogen and oxygen atoms in total. The van der Waals surface area contributed by atoms with E-state index in [4.69, 9.17) is 9.47 Å². The van der Waals surface area contributed by atoms with Gasteiger partial charge in [-0.2, -0.15) is 0 Å². The highest BCUT2D eigenvalue weighted by Gasteiger charge is 2.30. The molecule has 27 heavy (non-hydrogen) atoms. The van der Waals surface area contributed by atoms with Gasteiger partial charge in [0.15, 0.2) is 0 Å². The Morgan fingerprint density at radius 3 is 2.26 bits per heavy atom. The molecule has 1 aromatic rings. The lowest BCUT2D eigenvalue weighted by molar-refractivity contribution is -0.145. The van der Waals surface area contributed by atoms with Gasteiger partial charge >= 0.3 is 5.97 Å². The van der Waals surface area contributed by atoms with Crippen molar-refractivity contribution >= 4 is 5.97 Å². The van der Waals surface area contributed by atoms with Crippen LogP contribution in [0.5, 0.6) is 5.75 Å². The maximum absolute atomic E-state index is 11.7. The predicted octanol–water partition coefficient (Wildman–Crippen LogP) is 5.21. The van der Waals surface area contributed by atoms with Crippen molar-refractivity contribution in [3.63, 3.8) is 0 Å². The van der Waals surface area contributed by atoms with Crippen LogP contribution in [-0.4, -0.2) is 43.7 Å². The number of carbonyl (C=O) groups excluding carboxylic acids is 1. The lowest BCUT2D eigenvalue weighted by Gasteiger charge is -2.22. The van der Waals surface area contributed by atoms with Gasteiger partial charge in [-0.05, 0) is 50.9 Å². The number of methoxy groups -OCH3 is 1. The number of nitrogens with zero attached hydrogens (tertiary/aromatic N) is 1. The molecular weight excluding hydrogens is 338 g/mol. The summed E-state index contributed by atoms with van der Waals surface area (Å²) in [6, 6.07) is 10.1. The van der Waals surface area contributed by atoms with E-state index in [1.54, 1.807) is 0 Å². The fourth-order valence-electron chi connectivity index (χ4n) is 3.86. The van der Waals surface area contributed by atoms with E-state index < -0.39 is 0 Å². The molecule has 0 spiro atoms. The molecule has 2 rings (SSSR count). The molecule has 0 amide bonds. The lowest BCUT2D eigenvalue weighted by Crippen LogP contribution is -2.37. The standard InChI is InChI=1S/C23H37NO3/c1-26-23(25)22-17-14-19-24(22)18-12-7-5-3-2-4-6-8-13-20-27-21-15-10-9-11-16-21/h9-11,15-16,22H,2-8,12-14,17-20H2,1H3. The van der Waals surface area contributed by atoms with Crippen molar-refractivity contribution in [1.29, 1.82) is 0 Å². The first-order chi connectivity index (χ1) is 13.3. The molecule has 0 N–H and O–H groups in total. The summed E-state index contributed by atoms with van der Waals surface area (Å²) >= 11 is 0. The topological polar surface area (TPSA) is 38.8 Å². The van der Waals surface area contributed by atoms with Crippen molar-refractivity contribution in [2.75, 3.05) is 26.8 Å². The molecule has 4 heteroatoms. The molecule has 152 valence electrons. The van der Waals surface area contributed by atoms with Gasteiger partial charge in [0.25, 0.3) is 0 Å². The number of ether oxygens (including phenoxy) is 2. The monoisotopic (exact) mass is 375 g/mol. The molecule has 1 saturated heterocycles. The Kier molecular flexibility index (Phi) is 10.9. The maximum Gasteiger partial charge on any atom is 0.323 e. The van der Waals surface area contributed by atoms with Crippen molar-refractivity contribution < 1.29 is 14.3 Å². The first-order valence-corrected chi connectivity index (χ1v) is 10.8. The van der Waals surface area contributed by atoms with E-state index in [2.05, 4.69) is 4.90 Å². The maximum atomic E-state index is 11.7. The van der Waals surface area contributed by atoms with Crippen LogP contribution in [0.1, 0.15) is 70.6 Å². The summed E-state index contributed by atoms with van der Waals surface area (Å²) < 4.78 is 10.6. The molecule has 0 aliphatic carbocycles. The number of hydrogen-bond acceptors (Lipinski definition) is 4. The average Bonchev–Trinajstić information content (AvgIpc) is 3.17. The van der Waals surface area contributed by atoms with Crippen molar-refractivity contribution in [2.24, 2.45) is 0 Å². The van der Waals surface area contributed by atoms with Gasteiger partial charge in [-0.3, -0.25) is 9.69 Å². The molecule has 0 aromatic heterocycles. The fourth-order valence-corrected chi connectivity index (χ4v) is 3.86. The Morgan fingerprint density at radius 1 is 0.963 bits per heavy atom. The van der Waals surface area contributed by atoms with Crippen molar-refractivity contribution in [3.05, 3.63) is 30.3 Å². The number of rotatable bonds is 14. The van der Waals surface area contributed by atoms with Gasteiger partial charge in [0.2, 0.25) is 0 Å². The van der Waals surface area contributed by atoms with E-state index in [0.717, 1.165) is 44.7 Å². The first kappa shape index (κ1) is 21.7. The summed E-state index contributed by atoms with van der Waals surface area (Å²) in [5.41, 5.74) is 0. The summed E-state index contributed by atoms with van der Waals surface area (Å²) in [5, 5.41) is 0. The summed E-state index contributed by atoms with van der Waals surface area (Å²) in [4.78, 5) is 14.0. The van der Waals surface area contributed by atoms with E-state index in [1.807, 2.05) is 30.3 Å². The minimum atomic E-state index is -0.0540. The Labute approximate surface area is 165 Å². The number of hydrogen-bond donors (Lipinski definition) is 0. The molecule has 1 aliphatic heterocycles. The molecule has 0 radical (unpaired) electrons. The second kappa shape index (κ2) is 13.6. The Hall–Kier alpha value is -1.55. The van der Waals surface area contributed by atoms with Gasteiger partial charge in [-0.15, -0.1) is 0 Å². The largest absolute Gasteiger partial charge is 0.494 e. The highest BCUT2D eigenvalue weighted by molar-refractivity contribution is 5.75. The van der Waals surface area contributed by atoms with Crippen LogP contribution in [0.2, 0.25) is 0 Å². The number of likely N-dealkylation sites (tertiary alicyclic amines) is 1. The van der Waals surface area contributed by atoms with Gasteiger partial charge in [0.05, 0.1) is 13.7 Å². The average molecular weight is 376 g/mol. The molecule has 1 fully saturated rings. The molecule has 1 unspecified atom stereocenters. The van der Waals surface area contributed by atoms with Crippen molar-refractivity contribution in [3.8, 4) is 5.75 Å². The zero-order valence-electron chi connectivity index (χ0n) is 17.0. The van der Waals surface area contributed by atoms with Gasteiger partial charge in [0, 0.05) is 0 Å². The second-order valence-corrected chi connectivity index (χ2v) is 7.56. The normalized spacial score (nSPS) is 17.1. The van der Waals surface area contributed by atoms with Crippen LogP contribution in [0.15, 0.2) is 30.3 Å². The smallest absolute Gasteiger partial charge is 0.323 e. The van der Waals surface area contributed by atoms with Crippen LogP contribution in [0, 0.1) is 0 Å². The van der Waals surface area contributed by atoms with Crippen LogP contribution < -0.4 is 4.74 Å². The van der Waals surface area contributed by atoms with Crippen LogP contribution in [0.3, 0.4) is 0 Å². The van der Waals surface area contributed by atoms with E-state index >= 15 is 0 Å². The third-order valence-corrected chi connectivity index (χ3v) is 5.44. The zero-order valence-corrected chi connectivity index (χ0v) is 17.0. The highest BCUT2D eigenvalue weighted by atomic mass is 16.5. The Bertz CT molecular complexity index is 506. The quantitative estimate of drug-likeness (QED) is 0.330. The van der Waals surface area contributed by atoms with Crippen LogP contribution in [0.4, 0.5) is 0 Å². The van der Waals surface area contributed by atoms with E-state index in [9.17, 15) is 4.79 Å². The molecule has 0 bridgehead atoms. The van der Waals surface area contributed by atoms with Crippen LogP contribution in [0.25, 0.3) is 0 Å². The zero-order chi connectivity index (χ0) is 19.2. The van der Waals surface area contributed by atoms with Crippen molar-refractivity contribution in [2.45, 2.75) is 76.7 Å². The molecule has 1 atom stereocenters. The number of para-hydroxylation sites is 1. The van der Waals surface area contributed by atoms with Crippen molar-refractivity contribution in [1.82, 2.24) is 4.90 Å². The number of carbonyl (C=O) groups is 1. The van der Waals surface area contributed by atoms with E-state index in [-0.39, 0.29) is 12.0 Å². The predicted molar refractivity (Wildman–Crippen MR) is 110 cm³/mol. The third kappa shape index (κ3) is 8.79. The summed E-state index contributed by atoms with van der Waals surface area (Å²) in [7, 11) is 1.50. The third-order valence-electron chi connectivity index (χ3n) is 5.44.